The highest BCUT2D eigenvalue weighted by Crippen LogP contribution is 2.44. The lowest BCUT2D eigenvalue weighted by Gasteiger charge is -2.36. The first-order chi connectivity index (χ1) is 22.7. The topological polar surface area (TPSA) is 77.9 Å². The molecule has 1 saturated heterocycles. The van der Waals surface area contributed by atoms with Crippen LogP contribution in [0.4, 0.5) is 0 Å². The van der Waals surface area contributed by atoms with E-state index in [1.165, 1.54) is 4.31 Å². The van der Waals surface area contributed by atoms with Gasteiger partial charge in [0.1, 0.15) is 11.6 Å². The zero-order chi connectivity index (χ0) is 32.3. The molecule has 1 amide bonds. The Labute approximate surface area is 274 Å². The van der Waals surface area contributed by atoms with Gasteiger partial charge in [0.2, 0.25) is 15.9 Å². The maximum atomic E-state index is 15.1. The Morgan fingerprint density at radius 1 is 0.702 bits per heavy atom. The van der Waals surface area contributed by atoms with Gasteiger partial charge in [-0.25, -0.2) is 8.42 Å². The van der Waals surface area contributed by atoms with Crippen LogP contribution >= 0.6 is 0 Å². The van der Waals surface area contributed by atoms with Gasteiger partial charge in [0.25, 0.3) is 0 Å². The second-order valence-electron chi connectivity index (χ2n) is 12.8. The number of aryl methyl sites for hydroxylation is 1. The van der Waals surface area contributed by atoms with Gasteiger partial charge in [-0.1, -0.05) is 96.6 Å². The van der Waals surface area contributed by atoms with Crippen molar-refractivity contribution in [1.29, 1.82) is 0 Å². The molecular weight excluding hydrogens is 605 g/mol. The minimum Gasteiger partial charge on any atom is -0.383 e. The standard InChI is InChI=1S/C40H34N2O4S/c1-27-15-17-35(18-16-27)47(45,46)42-20-19-40(44,34-13-3-2-4-14-34)38(42)39(43)41-25-32-21-28-9-5-7-11-30(28)23-36(32)37-24-31-12-8-6-10-29(31)22-33(37)26-41/h2-18,21-24,38,44H,19-20,25-26H2,1H3. The molecule has 2 heterocycles. The van der Waals surface area contributed by atoms with E-state index in [2.05, 4.69) is 48.5 Å². The Morgan fingerprint density at radius 2 is 1.19 bits per heavy atom. The summed E-state index contributed by atoms with van der Waals surface area (Å²) < 4.78 is 29.8. The van der Waals surface area contributed by atoms with Gasteiger partial charge >= 0.3 is 0 Å². The molecule has 47 heavy (non-hydrogen) atoms. The van der Waals surface area contributed by atoms with E-state index in [0.717, 1.165) is 49.4 Å². The number of carbonyl (C=O) groups excluding carboxylic acids is 1. The van der Waals surface area contributed by atoms with E-state index in [1.54, 1.807) is 53.4 Å². The molecule has 1 N–H and O–H groups in total. The van der Waals surface area contributed by atoms with Crippen LogP contribution in [0, 0.1) is 6.92 Å². The first kappa shape index (κ1) is 29.6. The Kier molecular flexibility index (Phi) is 7.02. The summed E-state index contributed by atoms with van der Waals surface area (Å²) in [5.74, 6) is -0.426. The van der Waals surface area contributed by atoms with Crippen molar-refractivity contribution in [3.8, 4) is 11.1 Å². The van der Waals surface area contributed by atoms with Gasteiger partial charge in [-0.05, 0) is 99.1 Å². The maximum Gasteiger partial charge on any atom is 0.244 e. The molecule has 2 aliphatic heterocycles. The van der Waals surface area contributed by atoms with E-state index in [-0.39, 0.29) is 31.0 Å². The molecule has 1 fully saturated rings. The molecule has 0 saturated carbocycles. The number of aliphatic hydroxyl groups is 1. The second kappa shape index (κ2) is 11.2. The van der Waals surface area contributed by atoms with Crippen molar-refractivity contribution in [3.05, 3.63) is 150 Å². The molecule has 0 aliphatic carbocycles. The van der Waals surface area contributed by atoms with Crippen molar-refractivity contribution >= 4 is 37.5 Å². The Hall–Kier alpha value is -4.82. The molecule has 8 rings (SSSR count). The Bertz CT molecular complexity index is 2200. The average molecular weight is 639 g/mol. The minimum atomic E-state index is -4.13. The third kappa shape index (κ3) is 4.93. The SMILES string of the molecule is Cc1ccc(S(=O)(=O)N2CCC(O)(c3ccccc3)C2C(=O)N2Cc3cc4ccccc4cc3-c3cc4ccccc4cc3C2)cc1. The van der Waals surface area contributed by atoms with Crippen molar-refractivity contribution in [2.45, 2.75) is 43.0 Å². The Balaban J connectivity index is 1.29. The summed E-state index contributed by atoms with van der Waals surface area (Å²) in [6, 6.07) is 39.3. The van der Waals surface area contributed by atoms with E-state index >= 15 is 4.79 Å². The van der Waals surface area contributed by atoms with Gasteiger partial charge in [-0.3, -0.25) is 4.79 Å². The predicted octanol–water partition coefficient (Wildman–Crippen LogP) is 7.16. The van der Waals surface area contributed by atoms with Gasteiger partial charge in [0.05, 0.1) is 4.90 Å². The minimum absolute atomic E-state index is 0.00823. The molecule has 0 aromatic heterocycles. The molecule has 2 aliphatic rings. The lowest BCUT2D eigenvalue weighted by molar-refractivity contribution is -0.143. The number of fused-ring (bicyclic) bond motifs is 5. The molecule has 234 valence electrons. The Morgan fingerprint density at radius 3 is 1.72 bits per heavy atom. The second-order valence-corrected chi connectivity index (χ2v) is 14.7. The predicted molar refractivity (Wildman–Crippen MR) is 185 cm³/mol. The smallest absolute Gasteiger partial charge is 0.244 e. The van der Waals surface area contributed by atoms with Crippen molar-refractivity contribution in [2.75, 3.05) is 6.54 Å². The molecular formula is C40H34N2O4S. The molecule has 6 aromatic rings. The average Bonchev–Trinajstić information content (AvgIpc) is 3.38. The molecule has 6 nitrogen and oxygen atoms in total. The molecule has 6 aromatic carbocycles. The lowest BCUT2D eigenvalue weighted by Crippen LogP contribution is -2.55. The van der Waals surface area contributed by atoms with Gasteiger partial charge in [0.15, 0.2) is 0 Å². The third-order valence-corrected chi connectivity index (χ3v) is 11.7. The van der Waals surface area contributed by atoms with Gasteiger partial charge in [0, 0.05) is 19.6 Å². The highest BCUT2D eigenvalue weighted by atomic mass is 32.2. The maximum absolute atomic E-state index is 15.1. The molecule has 0 spiro atoms. The van der Waals surface area contributed by atoms with Crippen molar-refractivity contribution < 1.29 is 18.3 Å². The van der Waals surface area contributed by atoms with E-state index in [4.69, 9.17) is 0 Å². The van der Waals surface area contributed by atoms with Crippen molar-refractivity contribution in [1.82, 2.24) is 9.21 Å². The zero-order valence-corrected chi connectivity index (χ0v) is 26.8. The van der Waals surface area contributed by atoms with Gasteiger partial charge < -0.3 is 10.0 Å². The number of nitrogens with zero attached hydrogens (tertiary/aromatic N) is 2. The van der Waals surface area contributed by atoms with Crippen LogP contribution in [-0.2, 0) is 33.5 Å². The summed E-state index contributed by atoms with van der Waals surface area (Å²) in [7, 11) is -4.13. The van der Waals surface area contributed by atoms with Crippen molar-refractivity contribution in [2.24, 2.45) is 0 Å². The van der Waals surface area contributed by atoms with E-state index < -0.39 is 27.6 Å². The number of carbonyl (C=O) groups is 1. The zero-order valence-electron chi connectivity index (χ0n) is 26.0. The van der Waals surface area contributed by atoms with E-state index in [0.29, 0.717) is 5.56 Å². The number of sulfonamides is 1. The van der Waals surface area contributed by atoms with Crippen LogP contribution in [-0.4, -0.2) is 41.2 Å². The van der Waals surface area contributed by atoms with E-state index in [1.807, 2.05) is 37.3 Å². The molecule has 2 unspecified atom stereocenters. The van der Waals surface area contributed by atoms with Crippen LogP contribution < -0.4 is 0 Å². The van der Waals surface area contributed by atoms with Crippen LogP contribution in [0.1, 0.15) is 28.7 Å². The monoisotopic (exact) mass is 638 g/mol. The highest BCUT2D eigenvalue weighted by molar-refractivity contribution is 7.89. The summed E-state index contributed by atoms with van der Waals surface area (Å²) >= 11 is 0. The molecule has 7 heteroatoms. The van der Waals surface area contributed by atoms with E-state index in [9.17, 15) is 13.5 Å². The molecule has 2 atom stereocenters. The fourth-order valence-corrected chi connectivity index (χ4v) is 9.00. The van der Waals surface area contributed by atoms with Crippen LogP contribution in [0.2, 0.25) is 0 Å². The first-order valence-corrected chi connectivity index (χ1v) is 17.4. The lowest BCUT2D eigenvalue weighted by atomic mass is 9.86. The first-order valence-electron chi connectivity index (χ1n) is 15.9. The third-order valence-electron chi connectivity index (χ3n) is 9.86. The number of hydrogen-bond acceptors (Lipinski definition) is 4. The van der Waals surface area contributed by atoms with Crippen LogP contribution in [0.25, 0.3) is 32.7 Å². The quantitative estimate of drug-likeness (QED) is 0.222. The highest BCUT2D eigenvalue weighted by Gasteiger charge is 2.56. The van der Waals surface area contributed by atoms with Crippen LogP contribution in [0.5, 0.6) is 0 Å². The normalized spacial score (nSPS) is 19.8. The summed E-state index contributed by atoms with van der Waals surface area (Å²) in [4.78, 5) is 16.9. The largest absolute Gasteiger partial charge is 0.383 e. The summed E-state index contributed by atoms with van der Waals surface area (Å²) in [5.41, 5.74) is 3.78. The van der Waals surface area contributed by atoms with Gasteiger partial charge in [-0.2, -0.15) is 4.31 Å². The fourth-order valence-electron chi connectivity index (χ4n) is 7.38. The summed E-state index contributed by atoms with van der Waals surface area (Å²) in [6.07, 6.45) is 0.0921. The van der Waals surface area contributed by atoms with Crippen LogP contribution in [0.15, 0.2) is 132 Å². The fraction of sp³-hybridized carbons (Fsp3) is 0.175. The molecule has 0 radical (unpaired) electrons. The number of benzene rings is 6. The number of rotatable bonds is 4. The number of amides is 1. The van der Waals surface area contributed by atoms with Gasteiger partial charge in [-0.15, -0.1) is 0 Å². The number of hydrogen-bond donors (Lipinski definition) is 1. The van der Waals surface area contributed by atoms with Crippen LogP contribution in [0.3, 0.4) is 0 Å². The summed E-state index contributed by atoms with van der Waals surface area (Å²) in [5, 5.41) is 16.8. The summed E-state index contributed by atoms with van der Waals surface area (Å²) in [6.45, 7) is 2.44. The molecule has 0 bridgehead atoms. The van der Waals surface area contributed by atoms with Crippen molar-refractivity contribution in [3.63, 3.8) is 0 Å².